The smallest absolute Gasteiger partial charge is 0.228 e. The van der Waals surface area contributed by atoms with Crippen LogP contribution in [0.2, 0.25) is 0 Å². The standard InChI is InChI=1S/C12H21N3O2/c1-8(2)10(13-3)6-11-14-12(15-17-11)9-4-5-16-7-9/h8-10,13H,4-7H2,1-3H3. The zero-order chi connectivity index (χ0) is 12.3. The Morgan fingerprint density at radius 1 is 1.47 bits per heavy atom. The van der Waals surface area contributed by atoms with Gasteiger partial charge in [0.2, 0.25) is 5.89 Å². The Balaban J connectivity index is 1.97. The number of rotatable bonds is 5. The maximum Gasteiger partial charge on any atom is 0.228 e. The van der Waals surface area contributed by atoms with Gasteiger partial charge in [0.15, 0.2) is 5.82 Å². The lowest BCUT2D eigenvalue weighted by molar-refractivity contribution is 0.192. The molecule has 1 N–H and O–H groups in total. The Bertz CT molecular complexity index is 345. The maximum atomic E-state index is 5.33. The van der Waals surface area contributed by atoms with Crippen molar-refractivity contribution in [3.63, 3.8) is 0 Å². The molecule has 2 unspecified atom stereocenters. The third kappa shape index (κ3) is 3.04. The van der Waals surface area contributed by atoms with Crippen LogP contribution in [-0.2, 0) is 11.2 Å². The van der Waals surface area contributed by atoms with E-state index in [1.165, 1.54) is 0 Å². The Kier molecular flexibility index (Phi) is 4.12. The van der Waals surface area contributed by atoms with Crippen molar-refractivity contribution in [2.45, 2.75) is 38.6 Å². The molecule has 1 aromatic heterocycles. The molecule has 0 radical (unpaired) electrons. The van der Waals surface area contributed by atoms with E-state index in [2.05, 4.69) is 29.3 Å². The van der Waals surface area contributed by atoms with E-state index in [1.807, 2.05) is 7.05 Å². The summed E-state index contributed by atoms with van der Waals surface area (Å²) in [5, 5.41) is 7.33. The van der Waals surface area contributed by atoms with Gasteiger partial charge in [0.25, 0.3) is 0 Å². The Morgan fingerprint density at radius 2 is 2.29 bits per heavy atom. The number of hydrogen-bond acceptors (Lipinski definition) is 5. The van der Waals surface area contributed by atoms with Crippen LogP contribution in [-0.4, -0.2) is 36.4 Å². The summed E-state index contributed by atoms with van der Waals surface area (Å²) in [5.41, 5.74) is 0. The molecule has 2 heterocycles. The zero-order valence-electron chi connectivity index (χ0n) is 10.8. The minimum atomic E-state index is 0.319. The second-order valence-electron chi connectivity index (χ2n) is 4.95. The van der Waals surface area contributed by atoms with E-state index in [4.69, 9.17) is 9.26 Å². The van der Waals surface area contributed by atoms with Crippen molar-refractivity contribution in [2.24, 2.45) is 5.92 Å². The fourth-order valence-corrected chi connectivity index (χ4v) is 2.11. The Labute approximate surface area is 102 Å². The first kappa shape index (κ1) is 12.5. The monoisotopic (exact) mass is 239 g/mol. The summed E-state index contributed by atoms with van der Waals surface area (Å²) in [7, 11) is 1.97. The highest BCUT2D eigenvalue weighted by Gasteiger charge is 2.24. The predicted molar refractivity (Wildman–Crippen MR) is 63.9 cm³/mol. The van der Waals surface area contributed by atoms with Gasteiger partial charge in [-0.1, -0.05) is 19.0 Å². The first-order valence-electron chi connectivity index (χ1n) is 6.28. The van der Waals surface area contributed by atoms with Crippen LogP contribution in [0.5, 0.6) is 0 Å². The van der Waals surface area contributed by atoms with Gasteiger partial charge in [-0.2, -0.15) is 4.98 Å². The van der Waals surface area contributed by atoms with Crippen molar-refractivity contribution < 1.29 is 9.26 Å². The highest BCUT2D eigenvalue weighted by Crippen LogP contribution is 2.22. The van der Waals surface area contributed by atoms with Gasteiger partial charge in [-0.15, -0.1) is 0 Å². The van der Waals surface area contributed by atoms with Crippen LogP contribution in [0, 0.1) is 5.92 Å². The third-order valence-corrected chi connectivity index (χ3v) is 3.35. The van der Waals surface area contributed by atoms with E-state index in [-0.39, 0.29) is 0 Å². The molecule has 2 rings (SSSR count). The summed E-state index contributed by atoms with van der Waals surface area (Å²) in [6, 6.07) is 0.378. The quantitative estimate of drug-likeness (QED) is 0.840. The molecular formula is C12H21N3O2. The molecule has 1 fully saturated rings. The summed E-state index contributed by atoms with van der Waals surface area (Å²) in [6.07, 6.45) is 1.79. The second-order valence-corrected chi connectivity index (χ2v) is 4.95. The molecule has 0 spiro atoms. The predicted octanol–water partition coefficient (Wildman–Crippen LogP) is 1.36. The zero-order valence-corrected chi connectivity index (χ0v) is 10.8. The summed E-state index contributed by atoms with van der Waals surface area (Å²) < 4.78 is 10.6. The largest absolute Gasteiger partial charge is 0.381 e. The molecular weight excluding hydrogens is 218 g/mol. The number of hydrogen-bond donors (Lipinski definition) is 1. The Hall–Kier alpha value is -0.940. The SMILES string of the molecule is CNC(Cc1nc(C2CCOC2)no1)C(C)C. The lowest BCUT2D eigenvalue weighted by atomic mass is 10.0. The van der Waals surface area contributed by atoms with E-state index >= 15 is 0 Å². The van der Waals surface area contributed by atoms with Gasteiger partial charge in [0.1, 0.15) is 0 Å². The van der Waals surface area contributed by atoms with E-state index in [1.54, 1.807) is 0 Å². The van der Waals surface area contributed by atoms with Crippen molar-refractivity contribution >= 4 is 0 Å². The van der Waals surface area contributed by atoms with E-state index < -0.39 is 0 Å². The van der Waals surface area contributed by atoms with Gasteiger partial charge in [0, 0.05) is 25.0 Å². The number of nitrogens with one attached hydrogen (secondary N) is 1. The Morgan fingerprint density at radius 3 is 2.88 bits per heavy atom. The van der Waals surface area contributed by atoms with Crippen LogP contribution in [0.25, 0.3) is 0 Å². The van der Waals surface area contributed by atoms with E-state index in [0.717, 1.165) is 37.8 Å². The molecule has 0 bridgehead atoms. The molecule has 1 saturated heterocycles. The number of aromatic nitrogens is 2. The average molecular weight is 239 g/mol. The number of likely N-dealkylation sites (N-methyl/N-ethyl adjacent to an activating group) is 1. The van der Waals surface area contributed by atoms with Gasteiger partial charge in [0.05, 0.1) is 6.61 Å². The minimum Gasteiger partial charge on any atom is -0.381 e. The van der Waals surface area contributed by atoms with E-state index in [0.29, 0.717) is 17.9 Å². The normalized spacial score (nSPS) is 22.2. The fraction of sp³-hybridized carbons (Fsp3) is 0.833. The van der Waals surface area contributed by atoms with Gasteiger partial charge in [-0.3, -0.25) is 0 Å². The summed E-state index contributed by atoms with van der Waals surface area (Å²) in [5.74, 6) is 2.39. The topological polar surface area (TPSA) is 60.2 Å². The molecule has 0 aromatic carbocycles. The molecule has 0 amide bonds. The second kappa shape index (κ2) is 5.60. The highest BCUT2D eigenvalue weighted by molar-refractivity contribution is 4.98. The highest BCUT2D eigenvalue weighted by atomic mass is 16.5. The van der Waals surface area contributed by atoms with Gasteiger partial charge < -0.3 is 14.6 Å². The van der Waals surface area contributed by atoms with Crippen LogP contribution >= 0.6 is 0 Å². The van der Waals surface area contributed by atoms with Crippen molar-refractivity contribution in [1.82, 2.24) is 15.5 Å². The van der Waals surface area contributed by atoms with Crippen molar-refractivity contribution in [1.29, 1.82) is 0 Å². The lowest BCUT2D eigenvalue weighted by Gasteiger charge is -2.17. The maximum absolute atomic E-state index is 5.33. The van der Waals surface area contributed by atoms with Crippen LogP contribution in [0.4, 0.5) is 0 Å². The summed E-state index contributed by atoms with van der Waals surface area (Å²) in [6.45, 7) is 5.89. The molecule has 2 atom stereocenters. The van der Waals surface area contributed by atoms with Crippen LogP contribution < -0.4 is 5.32 Å². The first-order valence-corrected chi connectivity index (χ1v) is 6.28. The van der Waals surface area contributed by atoms with Crippen molar-refractivity contribution in [3.8, 4) is 0 Å². The average Bonchev–Trinajstić information content (AvgIpc) is 2.95. The molecule has 1 aliphatic heterocycles. The molecule has 96 valence electrons. The number of ether oxygens (including phenoxy) is 1. The molecule has 0 aliphatic carbocycles. The van der Waals surface area contributed by atoms with Gasteiger partial charge in [-0.05, 0) is 19.4 Å². The van der Waals surface area contributed by atoms with E-state index in [9.17, 15) is 0 Å². The molecule has 1 aromatic rings. The third-order valence-electron chi connectivity index (χ3n) is 3.35. The minimum absolute atomic E-state index is 0.319. The molecule has 17 heavy (non-hydrogen) atoms. The molecule has 1 aliphatic rings. The molecule has 5 heteroatoms. The van der Waals surface area contributed by atoms with Crippen LogP contribution in [0.1, 0.15) is 37.9 Å². The fourth-order valence-electron chi connectivity index (χ4n) is 2.11. The first-order chi connectivity index (χ1) is 8.20. The molecule has 0 saturated carbocycles. The molecule has 5 nitrogen and oxygen atoms in total. The van der Waals surface area contributed by atoms with Crippen LogP contribution in [0.15, 0.2) is 4.52 Å². The van der Waals surface area contributed by atoms with Crippen molar-refractivity contribution in [2.75, 3.05) is 20.3 Å². The van der Waals surface area contributed by atoms with Crippen molar-refractivity contribution in [3.05, 3.63) is 11.7 Å². The van der Waals surface area contributed by atoms with Crippen LogP contribution in [0.3, 0.4) is 0 Å². The summed E-state index contributed by atoms with van der Waals surface area (Å²) in [4.78, 5) is 4.46. The number of nitrogens with zero attached hydrogens (tertiary/aromatic N) is 2. The van der Waals surface area contributed by atoms with Gasteiger partial charge >= 0.3 is 0 Å². The van der Waals surface area contributed by atoms with Gasteiger partial charge in [-0.25, -0.2) is 0 Å². The summed E-state index contributed by atoms with van der Waals surface area (Å²) >= 11 is 0. The lowest BCUT2D eigenvalue weighted by Crippen LogP contribution is -2.32.